The summed E-state index contributed by atoms with van der Waals surface area (Å²) in [4.78, 5) is 11.6. The molecule has 1 heterocycles. The quantitative estimate of drug-likeness (QED) is 0.715. The van der Waals surface area contributed by atoms with Gasteiger partial charge in [0, 0.05) is 25.5 Å². The van der Waals surface area contributed by atoms with Gasteiger partial charge in [0.25, 0.3) is 8.32 Å². The molecule has 142 valence electrons. The summed E-state index contributed by atoms with van der Waals surface area (Å²) in [6, 6.07) is 21.2. The summed E-state index contributed by atoms with van der Waals surface area (Å²) in [5, 5.41) is 2.49. The van der Waals surface area contributed by atoms with Crippen LogP contribution in [0.1, 0.15) is 33.6 Å². The lowest BCUT2D eigenvalue weighted by atomic mass is 10.1. The first kappa shape index (κ1) is 19.6. The first-order chi connectivity index (χ1) is 12.9. The summed E-state index contributed by atoms with van der Waals surface area (Å²) >= 11 is 0. The van der Waals surface area contributed by atoms with Crippen LogP contribution in [-0.2, 0) is 14.0 Å². The summed E-state index contributed by atoms with van der Waals surface area (Å²) in [6.07, 6.45) is 4.06. The van der Waals surface area contributed by atoms with Crippen molar-refractivity contribution in [2.45, 2.75) is 44.8 Å². The SMILES string of the molecule is CC(C)(C)[Si](OCC[C@@H]1CC(=O)C=CO1)(c1ccccc1)c1ccccc1. The largest absolute Gasteiger partial charge is 0.497 e. The third kappa shape index (κ3) is 4.23. The smallest absolute Gasteiger partial charge is 0.261 e. The van der Waals surface area contributed by atoms with Crippen molar-refractivity contribution in [1.29, 1.82) is 0 Å². The first-order valence-electron chi connectivity index (χ1n) is 9.53. The molecule has 0 aliphatic carbocycles. The number of hydrogen-bond acceptors (Lipinski definition) is 3. The minimum atomic E-state index is -2.51. The molecule has 2 aromatic rings. The maximum absolute atomic E-state index is 11.6. The van der Waals surface area contributed by atoms with E-state index in [0.717, 1.165) is 0 Å². The van der Waals surface area contributed by atoms with E-state index in [1.54, 1.807) is 0 Å². The molecule has 0 bridgehead atoms. The lowest BCUT2D eigenvalue weighted by Gasteiger charge is -2.43. The minimum Gasteiger partial charge on any atom is -0.497 e. The van der Waals surface area contributed by atoms with Gasteiger partial charge in [0.1, 0.15) is 6.10 Å². The van der Waals surface area contributed by atoms with Gasteiger partial charge in [-0.15, -0.1) is 0 Å². The number of ketones is 1. The second-order valence-electron chi connectivity index (χ2n) is 8.03. The molecule has 27 heavy (non-hydrogen) atoms. The Morgan fingerprint density at radius 3 is 2.04 bits per heavy atom. The zero-order chi connectivity index (χ0) is 19.3. The van der Waals surface area contributed by atoms with Gasteiger partial charge in [-0.25, -0.2) is 0 Å². The predicted octanol–water partition coefficient (Wildman–Crippen LogP) is 3.82. The van der Waals surface area contributed by atoms with E-state index < -0.39 is 8.32 Å². The van der Waals surface area contributed by atoms with Crippen molar-refractivity contribution in [2.24, 2.45) is 0 Å². The molecule has 1 atom stereocenters. The summed E-state index contributed by atoms with van der Waals surface area (Å²) in [6.45, 7) is 7.37. The molecule has 0 saturated carbocycles. The Morgan fingerprint density at radius 2 is 1.56 bits per heavy atom. The number of rotatable bonds is 6. The molecule has 3 nitrogen and oxygen atoms in total. The number of carbonyl (C=O) groups is 1. The third-order valence-corrected chi connectivity index (χ3v) is 10.2. The van der Waals surface area contributed by atoms with E-state index in [1.165, 1.54) is 22.7 Å². The van der Waals surface area contributed by atoms with E-state index in [4.69, 9.17) is 9.16 Å². The lowest BCUT2D eigenvalue weighted by Crippen LogP contribution is -2.66. The molecule has 0 aromatic heterocycles. The highest BCUT2D eigenvalue weighted by Crippen LogP contribution is 2.36. The Bertz CT molecular complexity index is 739. The van der Waals surface area contributed by atoms with Crippen LogP contribution in [0.25, 0.3) is 0 Å². The molecule has 0 amide bonds. The van der Waals surface area contributed by atoms with Gasteiger partial charge in [0.05, 0.1) is 6.26 Å². The van der Waals surface area contributed by atoms with Crippen molar-refractivity contribution < 1.29 is 14.0 Å². The minimum absolute atomic E-state index is 0.0428. The summed E-state index contributed by atoms with van der Waals surface area (Å²) < 4.78 is 12.4. The normalized spacial score (nSPS) is 17.6. The molecule has 1 aliphatic rings. The highest BCUT2D eigenvalue weighted by atomic mass is 28.4. The second kappa shape index (κ2) is 8.24. The van der Waals surface area contributed by atoms with Crippen LogP contribution in [0.15, 0.2) is 73.0 Å². The Hall–Kier alpha value is -2.17. The molecule has 0 N–H and O–H groups in total. The molecule has 0 unspecified atom stereocenters. The Labute approximate surface area is 163 Å². The molecule has 0 radical (unpaired) electrons. The van der Waals surface area contributed by atoms with Crippen molar-refractivity contribution in [3.63, 3.8) is 0 Å². The monoisotopic (exact) mass is 380 g/mol. The van der Waals surface area contributed by atoms with Gasteiger partial charge in [0.15, 0.2) is 5.78 Å². The third-order valence-electron chi connectivity index (χ3n) is 5.13. The number of benzene rings is 2. The molecule has 0 saturated heterocycles. The maximum Gasteiger partial charge on any atom is 0.261 e. The van der Waals surface area contributed by atoms with Crippen LogP contribution >= 0.6 is 0 Å². The number of ether oxygens (including phenoxy) is 1. The van der Waals surface area contributed by atoms with E-state index in [2.05, 4.69) is 69.3 Å². The Morgan fingerprint density at radius 1 is 1.00 bits per heavy atom. The van der Waals surface area contributed by atoms with Crippen LogP contribution in [0, 0.1) is 0 Å². The fraction of sp³-hybridized carbons (Fsp3) is 0.348. The number of hydrogen-bond donors (Lipinski definition) is 0. The van der Waals surface area contributed by atoms with Crippen LogP contribution in [0.3, 0.4) is 0 Å². The van der Waals surface area contributed by atoms with Gasteiger partial charge in [-0.05, 0) is 15.4 Å². The van der Waals surface area contributed by atoms with Crippen molar-refractivity contribution in [1.82, 2.24) is 0 Å². The average molecular weight is 381 g/mol. The van der Waals surface area contributed by atoms with Crippen molar-refractivity contribution in [3.05, 3.63) is 73.0 Å². The maximum atomic E-state index is 11.6. The molecular weight excluding hydrogens is 352 g/mol. The van der Waals surface area contributed by atoms with Gasteiger partial charge in [-0.3, -0.25) is 4.79 Å². The van der Waals surface area contributed by atoms with E-state index in [-0.39, 0.29) is 16.9 Å². The van der Waals surface area contributed by atoms with Crippen molar-refractivity contribution >= 4 is 24.5 Å². The molecule has 0 spiro atoms. The molecule has 0 fully saturated rings. The molecule has 4 heteroatoms. The lowest BCUT2D eigenvalue weighted by molar-refractivity contribution is -0.118. The Balaban J connectivity index is 1.92. The molecular formula is C23H28O3Si. The van der Waals surface area contributed by atoms with Crippen LogP contribution in [0.4, 0.5) is 0 Å². The van der Waals surface area contributed by atoms with E-state index in [1.807, 2.05) is 12.1 Å². The fourth-order valence-corrected chi connectivity index (χ4v) is 8.42. The molecule has 3 rings (SSSR count). The van der Waals surface area contributed by atoms with Gasteiger partial charge in [0.2, 0.25) is 0 Å². The Kier molecular flexibility index (Phi) is 5.97. The van der Waals surface area contributed by atoms with Gasteiger partial charge in [-0.2, -0.15) is 0 Å². The second-order valence-corrected chi connectivity index (χ2v) is 12.3. The highest BCUT2D eigenvalue weighted by molar-refractivity contribution is 6.99. The van der Waals surface area contributed by atoms with Crippen LogP contribution < -0.4 is 10.4 Å². The number of allylic oxidation sites excluding steroid dienone is 1. The van der Waals surface area contributed by atoms with Crippen molar-refractivity contribution in [2.75, 3.05) is 6.61 Å². The fourth-order valence-electron chi connectivity index (χ4n) is 3.84. The average Bonchev–Trinajstić information content (AvgIpc) is 2.66. The molecule has 2 aromatic carbocycles. The zero-order valence-corrected chi connectivity index (χ0v) is 17.4. The van der Waals surface area contributed by atoms with Gasteiger partial charge in [-0.1, -0.05) is 81.4 Å². The number of carbonyl (C=O) groups excluding carboxylic acids is 1. The van der Waals surface area contributed by atoms with Crippen LogP contribution in [0.5, 0.6) is 0 Å². The molecule has 1 aliphatic heterocycles. The zero-order valence-electron chi connectivity index (χ0n) is 16.4. The highest BCUT2D eigenvalue weighted by Gasteiger charge is 2.50. The van der Waals surface area contributed by atoms with E-state index in [9.17, 15) is 4.79 Å². The van der Waals surface area contributed by atoms with E-state index >= 15 is 0 Å². The summed E-state index contributed by atoms with van der Waals surface area (Å²) in [5.41, 5.74) is 0. The van der Waals surface area contributed by atoms with Crippen LogP contribution in [-0.4, -0.2) is 26.8 Å². The standard InChI is InChI=1S/C23H28O3Si/c1-23(2,3)27(21-10-6-4-7-11-21,22-12-8-5-9-13-22)26-17-15-20-18-19(24)14-16-25-20/h4-14,16,20H,15,17-18H2,1-3H3/t20-/m1/s1. The predicted molar refractivity (Wildman–Crippen MR) is 112 cm³/mol. The van der Waals surface area contributed by atoms with Crippen molar-refractivity contribution in [3.8, 4) is 0 Å². The van der Waals surface area contributed by atoms with Crippen LogP contribution in [0.2, 0.25) is 5.04 Å². The summed E-state index contributed by atoms with van der Waals surface area (Å²) in [7, 11) is -2.51. The van der Waals surface area contributed by atoms with Gasteiger partial charge < -0.3 is 9.16 Å². The van der Waals surface area contributed by atoms with E-state index in [0.29, 0.717) is 19.4 Å². The van der Waals surface area contributed by atoms with Gasteiger partial charge >= 0.3 is 0 Å². The topological polar surface area (TPSA) is 35.5 Å². The summed E-state index contributed by atoms with van der Waals surface area (Å²) in [5.74, 6) is 0.122. The first-order valence-corrected chi connectivity index (χ1v) is 11.4.